The number of hydrogen-bond donors (Lipinski definition) is 3. The third kappa shape index (κ3) is 3.90. The van der Waals surface area contributed by atoms with Gasteiger partial charge < -0.3 is 29.7 Å². The maximum absolute atomic E-state index is 12.8. The molecule has 7 nitrogen and oxygen atoms in total. The minimum Gasteiger partial charge on any atom is -0.497 e. The lowest BCUT2D eigenvalue weighted by atomic mass is 9.93. The molecular formula is C21H25NO6. The Kier molecular flexibility index (Phi) is 6.06. The van der Waals surface area contributed by atoms with Gasteiger partial charge in [0.15, 0.2) is 11.5 Å². The van der Waals surface area contributed by atoms with Crippen molar-refractivity contribution in [2.45, 2.75) is 30.6 Å². The molecule has 2 aromatic carbocycles. The number of benzene rings is 2. The highest BCUT2D eigenvalue weighted by molar-refractivity contribution is 5.95. The van der Waals surface area contributed by atoms with Gasteiger partial charge in [0, 0.05) is 11.5 Å². The third-order valence-electron chi connectivity index (χ3n) is 5.18. The van der Waals surface area contributed by atoms with Crippen LogP contribution in [0.5, 0.6) is 17.2 Å². The molecule has 1 fully saturated rings. The van der Waals surface area contributed by atoms with E-state index in [4.69, 9.17) is 14.2 Å². The van der Waals surface area contributed by atoms with E-state index >= 15 is 0 Å². The smallest absolute Gasteiger partial charge is 0.251 e. The number of carbonyl (C=O) groups is 1. The van der Waals surface area contributed by atoms with E-state index in [1.54, 1.807) is 25.3 Å². The standard InChI is InChI=1S/C21H25NO6/c1-26-14-7-4-12(5-8-14)15-11-16(23)20(24)19(15)22-21(25)13-6-9-17(27-2)18(10-13)28-3/h4-10,15-16,19-20,23-24H,11H2,1-3H3,(H,22,25). The molecule has 1 aliphatic rings. The van der Waals surface area contributed by atoms with Crippen molar-refractivity contribution in [2.75, 3.05) is 21.3 Å². The summed E-state index contributed by atoms with van der Waals surface area (Å²) in [6, 6.07) is 11.6. The Morgan fingerprint density at radius 1 is 0.964 bits per heavy atom. The Hall–Kier alpha value is -2.77. The van der Waals surface area contributed by atoms with Crippen LogP contribution in [0.4, 0.5) is 0 Å². The number of rotatable bonds is 6. The first kappa shape index (κ1) is 20.0. The quantitative estimate of drug-likeness (QED) is 0.698. The molecule has 2 aromatic rings. The molecule has 3 rings (SSSR count). The van der Waals surface area contributed by atoms with Crippen LogP contribution in [0.3, 0.4) is 0 Å². The van der Waals surface area contributed by atoms with Gasteiger partial charge in [0.2, 0.25) is 0 Å². The van der Waals surface area contributed by atoms with Crippen molar-refractivity contribution in [3.05, 3.63) is 53.6 Å². The largest absolute Gasteiger partial charge is 0.497 e. The fraction of sp³-hybridized carbons (Fsp3) is 0.381. The summed E-state index contributed by atoms with van der Waals surface area (Å²) in [5.41, 5.74) is 1.29. The Labute approximate surface area is 163 Å². The predicted octanol–water partition coefficient (Wildman–Crippen LogP) is 1.72. The number of aliphatic hydroxyl groups is 2. The zero-order chi connectivity index (χ0) is 20.3. The van der Waals surface area contributed by atoms with E-state index in [1.165, 1.54) is 14.2 Å². The van der Waals surface area contributed by atoms with Crippen LogP contribution in [0.25, 0.3) is 0 Å². The molecule has 0 aliphatic heterocycles. The van der Waals surface area contributed by atoms with Crippen LogP contribution in [0, 0.1) is 0 Å². The van der Waals surface area contributed by atoms with E-state index in [1.807, 2.05) is 24.3 Å². The molecule has 150 valence electrons. The van der Waals surface area contributed by atoms with Crippen molar-refractivity contribution in [1.29, 1.82) is 0 Å². The average Bonchev–Trinajstić information content (AvgIpc) is 3.01. The summed E-state index contributed by atoms with van der Waals surface area (Å²) in [5.74, 6) is 1.09. The molecule has 0 aromatic heterocycles. The van der Waals surface area contributed by atoms with Crippen LogP contribution < -0.4 is 19.5 Å². The molecular weight excluding hydrogens is 362 g/mol. The van der Waals surface area contributed by atoms with Crippen LogP contribution in [0.2, 0.25) is 0 Å². The number of aliphatic hydroxyl groups excluding tert-OH is 2. The van der Waals surface area contributed by atoms with Crippen molar-refractivity contribution in [3.63, 3.8) is 0 Å². The van der Waals surface area contributed by atoms with Crippen molar-refractivity contribution in [1.82, 2.24) is 5.32 Å². The van der Waals surface area contributed by atoms with Crippen LogP contribution >= 0.6 is 0 Å². The lowest BCUT2D eigenvalue weighted by molar-refractivity contribution is 0.0294. The Morgan fingerprint density at radius 2 is 1.64 bits per heavy atom. The molecule has 0 bridgehead atoms. The topological polar surface area (TPSA) is 97.2 Å². The maximum Gasteiger partial charge on any atom is 0.251 e. The molecule has 1 saturated carbocycles. The van der Waals surface area contributed by atoms with Crippen LogP contribution in [-0.2, 0) is 0 Å². The fourth-order valence-electron chi connectivity index (χ4n) is 3.62. The maximum atomic E-state index is 12.8. The highest BCUT2D eigenvalue weighted by Crippen LogP contribution is 2.36. The SMILES string of the molecule is COc1ccc(C2CC(O)C(O)C2NC(=O)c2ccc(OC)c(OC)c2)cc1. The van der Waals surface area contributed by atoms with Gasteiger partial charge in [-0.3, -0.25) is 4.79 Å². The van der Waals surface area contributed by atoms with E-state index in [0.29, 0.717) is 29.2 Å². The van der Waals surface area contributed by atoms with Gasteiger partial charge in [0.25, 0.3) is 5.91 Å². The summed E-state index contributed by atoms with van der Waals surface area (Å²) >= 11 is 0. The number of amides is 1. The highest BCUT2D eigenvalue weighted by Gasteiger charge is 2.43. The second-order valence-electron chi connectivity index (χ2n) is 6.74. The molecule has 1 aliphatic carbocycles. The lowest BCUT2D eigenvalue weighted by Crippen LogP contribution is -2.45. The van der Waals surface area contributed by atoms with Crippen LogP contribution in [0.15, 0.2) is 42.5 Å². The van der Waals surface area contributed by atoms with Crippen molar-refractivity contribution >= 4 is 5.91 Å². The summed E-state index contributed by atoms with van der Waals surface area (Å²) in [5, 5.41) is 23.5. The first-order valence-electron chi connectivity index (χ1n) is 9.01. The zero-order valence-corrected chi connectivity index (χ0v) is 16.1. The molecule has 4 unspecified atom stereocenters. The van der Waals surface area contributed by atoms with Gasteiger partial charge in [-0.2, -0.15) is 0 Å². The lowest BCUT2D eigenvalue weighted by Gasteiger charge is -2.24. The molecule has 1 amide bonds. The molecule has 7 heteroatoms. The molecule has 0 heterocycles. The minimum atomic E-state index is -1.06. The van der Waals surface area contributed by atoms with Crippen LogP contribution in [-0.4, -0.2) is 55.7 Å². The zero-order valence-electron chi connectivity index (χ0n) is 16.1. The number of hydrogen-bond acceptors (Lipinski definition) is 6. The second-order valence-corrected chi connectivity index (χ2v) is 6.74. The Morgan fingerprint density at radius 3 is 2.25 bits per heavy atom. The van der Waals surface area contributed by atoms with Crippen molar-refractivity contribution in [2.24, 2.45) is 0 Å². The van der Waals surface area contributed by atoms with E-state index in [-0.39, 0.29) is 11.8 Å². The predicted molar refractivity (Wildman–Crippen MR) is 103 cm³/mol. The average molecular weight is 387 g/mol. The molecule has 3 N–H and O–H groups in total. The van der Waals surface area contributed by atoms with Gasteiger partial charge in [-0.25, -0.2) is 0 Å². The van der Waals surface area contributed by atoms with Crippen molar-refractivity contribution < 1.29 is 29.2 Å². The summed E-state index contributed by atoms with van der Waals surface area (Å²) in [6.07, 6.45) is -1.62. The summed E-state index contributed by atoms with van der Waals surface area (Å²) in [6.45, 7) is 0. The number of ether oxygens (including phenoxy) is 3. The van der Waals surface area contributed by atoms with E-state index in [9.17, 15) is 15.0 Å². The number of methoxy groups -OCH3 is 3. The minimum absolute atomic E-state index is 0.222. The van der Waals surface area contributed by atoms with Gasteiger partial charge in [-0.05, 0) is 42.3 Å². The van der Waals surface area contributed by atoms with E-state index in [0.717, 1.165) is 5.56 Å². The molecule has 0 saturated heterocycles. The van der Waals surface area contributed by atoms with Gasteiger partial charge in [-0.1, -0.05) is 12.1 Å². The summed E-state index contributed by atoms with van der Waals surface area (Å²) in [7, 11) is 4.61. The number of nitrogens with one attached hydrogen (secondary N) is 1. The molecule has 0 spiro atoms. The fourth-order valence-corrected chi connectivity index (χ4v) is 3.62. The first-order chi connectivity index (χ1) is 13.5. The summed E-state index contributed by atoms with van der Waals surface area (Å²) < 4.78 is 15.6. The van der Waals surface area contributed by atoms with Gasteiger partial charge in [-0.15, -0.1) is 0 Å². The van der Waals surface area contributed by atoms with Crippen molar-refractivity contribution in [3.8, 4) is 17.2 Å². The van der Waals surface area contributed by atoms with Gasteiger partial charge in [0.1, 0.15) is 11.9 Å². The monoisotopic (exact) mass is 387 g/mol. The molecule has 4 atom stereocenters. The molecule has 28 heavy (non-hydrogen) atoms. The second kappa shape index (κ2) is 8.50. The normalized spacial score (nSPS) is 23.9. The Balaban J connectivity index is 1.82. The van der Waals surface area contributed by atoms with E-state index < -0.39 is 18.2 Å². The summed E-state index contributed by atoms with van der Waals surface area (Å²) in [4.78, 5) is 12.8. The number of carbonyl (C=O) groups excluding carboxylic acids is 1. The first-order valence-corrected chi connectivity index (χ1v) is 9.01. The molecule has 0 radical (unpaired) electrons. The van der Waals surface area contributed by atoms with Crippen LogP contribution in [0.1, 0.15) is 28.3 Å². The Bertz CT molecular complexity index is 822. The van der Waals surface area contributed by atoms with Gasteiger partial charge in [0.05, 0.1) is 33.5 Å². The van der Waals surface area contributed by atoms with Gasteiger partial charge >= 0.3 is 0 Å². The van der Waals surface area contributed by atoms with E-state index in [2.05, 4.69) is 5.32 Å². The third-order valence-corrected chi connectivity index (χ3v) is 5.18. The highest BCUT2D eigenvalue weighted by atomic mass is 16.5.